The van der Waals surface area contributed by atoms with Crippen molar-refractivity contribution in [3.63, 3.8) is 0 Å². The van der Waals surface area contributed by atoms with Gasteiger partial charge in [-0.15, -0.1) is 5.10 Å². The lowest BCUT2D eigenvalue weighted by Gasteiger charge is -2.10. The molecule has 6 nitrogen and oxygen atoms in total. The molecule has 0 aliphatic rings. The van der Waals surface area contributed by atoms with Crippen LogP contribution >= 0.6 is 0 Å². The first kappa shape index (κ1) is 15.3. The maximum atomic E-state index is 5.37. The van der Waals surface area contributed by atoms with Crippen LogP contribution in [-0.2, 0) is 13.1 Å². The standard InChI is InChI=1S/C15H22N4O2/c1-4-7-16-9-13-11-19(18-17-13)10-12-8-14(20-2)5-6-15(12)21-3/h5-6,8,11,16H,4,7,9-10H2,1-3H3. The van der Waals surface area contributed by atoms with Crippen molar-refractivity contribution >= 4 is 0 Å². The van der Waals surface area contributed by atoms with Gasteiger partial charge < -0.3 is 14.8 Å². The van der Waals surface area contributed by atoms with Crippen LogP contribution in [0.3, 0.4) is 0 Å². The zero-order valence-corrected chi connectivity index (χ0v) is 12.8. The van der Waals surface area contributed by atoms with E-state index in [1.165, 1.54) is 0 Å². The monoisotopic (exact) mass is 290 g/mol. The second kappa shape index (κ2) is 7.64. The average Bonchev–Trinajstić information content (AvgIpc) is 2.95. The molecule has 2 aromatic rings. The molecule has 0 unspecified atom stereocenters. The molecule has 2 rings (SSSR count). The van der Waals surface area contributed by atoms with Crippen LogP contribution < -0.4 is 14.8 Å². The molecule has 1 aromatic carbocycles. The van der Waals surface area contributed by atoms with Gasteiger partial charge in [-0.25, -0.2) is 4.68 Å². The quantitative estimate of drug-likeness (QED) is 0.752. The lowest BCUT2D eigenvalue weighted by atomic mass is 10.2. The van der Waals surface area contributed by atoms with E-state index in [0.717, 1.165) is 42.3 Å². The van der Waals surface area contributed by atoms with Gasteiger partial charge >= 0.3 is 0 Å². The van der Waals surface area contributed by atoms with Crippen LogP contribution in [0.15, 0.2) is 24.4 Å². The summed E-state index contributed by atoms with van der Waals surface area (Å²) in [4.78, 5) is 0. The molecule has 114 valence electrons. The normalized spacial score (nSPS) is 10.6. The second-order valence-electron chi connectivity index (χ2n) is 4.76. The highest BCUT2D eigenvalue weighted by molar-refractivity contribution is 5.40. The van der Waals surface area contributed by atoms with Crippen LogP contribution in [0.25, 0.3) is 0 Å². The topological polar surface area (TPSA) is 61.2 Å². The minimum Gasteiger partial charge on any atom is -0.497 e. The Morgan fingerprint density at radius 2 is 2.10 bits per heavy atom. The minimum atomic E-state index is 0.598. The average molecular weight is 290 g/mol. The third kappa shape index (κ3) is 4.19. The first-order valence-corrected chi connectivity index (χ1v) is 7.07. The fourth-order valence-electron chi connectivity index (χ4n) is 2.07. The van der Waals surface area contributed by atoms with Gasteiger partial charge in [0.25, 0.3) is 0 Å². The molecule has 0 saturated carbocycles. The van der Waals surface area contributed by atoms with Gasteiger partial charge in [0.05, 0.1) is 32.7 Å². The Labute approximate surface area is 125 Å². The Balaban J connectivity index is 2.07. The van der Waals surface area contributed by atoms with Gasteiger partial charge in [0.1, 0.15) is 11.5 Å². The molecule has 1 N–H and O–H groups in total. The third-order valence-electron chi connectivity index (χ3n) is 3.14. The van der Waals surface area contributed by atoms with E-state index >= 15 is 0 Å². The van der Waals surface area contributed by atoms with E-state index in [9.17, 15) is 0 Å². The molecule has 1 aromatic heterocycles. The fourth-order valence-corrected chi connectivity index (χ4v) is 2.07. The molecular weight excluding hydrogens is 268 g/mol. The smallest absolute Gasteiger partial charge is 0.124 e. The zero-order valence-electron chi connectivity index (χ0n) is 12.8. The molecule has 0 aliphatic carbocycles. The highest BCUT2D eigenvalue weighted by Gasteiger charge is 2.08. The van der Waals surface area contributed by atoms with Gasteiger partial charge in [0, 0.05) is 12.1 Å². The van der Waals surface area contributed by atoms with Crippen molar-refractivity contribution in [2.45, 2.75) is 26.4 Å². The fraction of sp³-hybridized carbons (Fsp3) is 0.467. The van der Waals surface area contributed by atoms with Gasteiger partial charge in [-0.2, -0.15) is 0 Å². The maximum Gasteiger partial charge on any atom is 0.124 e. The summed E-state index contributed by atoms with van der Waals surface area (Å²) in [7, 11) is 3.31. The number of aromatic nitrogens is 3. The summed E-state index contributed by atoms with van der Waals surface area (Å²) in [5.74, 6) is 1.62. The molecular formula is C15H22N4O2. The van der Waals surface area contributed by atoms with Gasteiger partial charge in [-0.1, -0.05) is 12.1 Å². The number of nitrogens with one attached hydrogen (secondary N) is 1. The molecule has 6 heteroatoms. The minimum absolute atomic E-state index is 0.598. The maximum absolute atomic E-state index is 5.37. The molecule has 0 saturated heterocycles. The Hall–Kier alpha value is -2.08. The van der Waals surface area contributed by atoms with E-state index < -0.39 is 0 Å². The second-order valence-corrected chi connectivity index (χ2v) is 4.76. The van der Waals surface area contributed by atoms with Crippen molar-refractivity contribution in [3.05, 3.63) is 35.7 Å². The zero-order chi connectivity index (χ0) is 15.1. The van der Waals surface area contributed by atoms with E-state index in [-0.39, 0.29) is 0 Å². The van der Waals surface area contributed by atoms with Gasteiger partial charge in [-0.3, -0.25) is 0 Å². The summed E-state index contributed by atoms with van der Waals surface area (Å²) < 4.78 is 12.4. The summed E-state index contributed by atoms with van der Waals surface area (Å²) in [6.07, 6.45) is 3.05. The Morgan fingerprint density at radius 3 is 2.81 bits per heavy atom. The van der Waals surface area contributed by atoms with Crippen molar-refractivity contribution in [1.29, 1.82) is 0 Å². The van der Waals surface area contributed by atoms with Gasteiger partial charge in [-0.05, 0) is 31.2 Å². The van der Waals surface area contributed by atoms with Crippen molar-refractivity contribution in [2.75, 3.05) is 20.8 Å². The number of nitrogens with zero attached hydrogens (tertiary/aromatic N) is 3. The number of hydrogen-bond acceptors (Lipinski definition) is 5. The van der Waals surface area contributed by atoms with Crippen LogP contribution in [0.5, 0.6) is 11.5 Å². The first-order valence-electron chi connectivity index (χ1n) is 7.07. The molecule has 0 atom stereocenters. The molecule has 1 heterocycles. The summed E-state index contributed by atoms with van der Waals surface area (Å²) in [5, 5.41) is 11.6. The number of benzene rings is 1. The van der Waals surface area contributed by atoms with E-state index in [1.54, 1.807) is 18.9 Å². The Kier molecular flexibility index (Phi) is 5.57. The molecule has 21 heavy (non-hydrogen) atoms. The number of ether oxygens (including phenoxy) is 2. The first-order chi connectivity index (χ1) is 10.3. The van der Waals surface area contributed by atoms with Crippen molar-refractivity contribution in [3.8, 4) is 11.5 Å². The third-order valence-corrected chi connectivity index (χ3v) is 3.14. The Bertz CT molecular complexity index is 569. The predicted molar refractivity (Wildman–Crippen MR) is 80.7 cm³/mol. The van der Waals surface area contributed by atoms with Gasteiger partial charge in [0.15, 0.2) is 0 Å². The van der Waals surface area contributed by atoms with Gasteiger partial charge in [0.2, 0.25) is 0 Å². The van der Waals surface area contributed by atoms with Crippen LogP contribution in [0, 0.1) is 0 Å². The highest BCUT2D eigenvalue weighted by Crippen LogP contribution is 2.24. The van der Waals surface area contributed by atoms with Crippen LogP contribution in [0.2, 0.25) is 0 Å². The molecule has 0 radical (unpaired) electrons. The van der Waals surface area contributed by atoms with Crippen molar-refractivity contribution in [1.82, 2.24) is 20.3 Å². The lowest BCUT2D eigenvalue weighted by molar-refractivity contribution is 0.396. The van der Waals surface area contributed by atoms with Crippen LogP contribution in [-0.4, -0.2) is 35.8 Å². The number of rotatable bonds is 8. The summed E-state index contributed by atoms with van der Waals surface area (Å²) in [6, 6.07) is 5.73. The van der Waals surface area contributed by atoms with E-state index in [1.807, 2.05) is 24.4 Å². The lowest BCUT2D eigenvalue weighted by Crippen LogP contribution is -2.13. The summed E-state index contributed by atoms with van der Waals surface area (Å²) in [5.41, 5.74) is 1.94. The molecule has 0 aliphatic heterocycles. The summed E-state index contributed by atoms with van der Waals surface area (Å²) >= 11 is 0. The number of methoxy groups -OCH3 is 2. The van der Waals surface area contributed by atoms with Crippen LogP contribution in [0.4, 0.5) is 0 Å². The van der Waals surface area contributed by atoms with E-state index in [0.29, 0.717) is 6.54 Å². The largest absolute Gasteiger partial charge is 0.497 e. The number of hydrogen-bond donors (Lipinski definition) is 1. The Morgan fingerprint density at radius 1 is 1.24 bits per heavy atom. The summed E-state index contributed by atoms with van der Waals surface area (Å²) in [6.45, 7) is 4.46. The van der Waals surface area contributed by atoms with E-state index in [2.05, 4.69) is 22.6 Å². The van der Waals surface area contributed by atoms with E-state index in [4.69, 9.17) is 9.47 Å². The SMILES string of the molecule is CCCNCc1cn(Cc2cc(OC)ccc2OC)nn1. The molecule has 0 fully saturated rings. The molecule has 0 spiro atoms. The molecule has 0 amide bonds. The predicted octanol–water partition coefficient (Wildman–Crippen LogP) is 1.84. The molecule has 0 bridgehead atoms. The van der Waals surface area contributed by atoms with Crippen molar-refractivity contribution < 1.29 is 9.47 Å². The van der Waals surface area contributed by atoms with Crippen LogP contribution in [0.1, 0.15) is 24.6 Å². The van der Waals surface area contributed by atoms with Crippen molar-refractivity contribution in [2.24, 2.45) is 0 Å². The highest BCUT2D eigenvalue weighted by atomic mass is 16.5.